The Morgan fingerprint density at radius 2 is 2.28 bits per heavy atom. The summed E-state index contributed by atoms with van der Waals surface area (Å²) in [5, 5.41) is 12.0. The summed E-state index contributed by atoms with van der Waals surface area (Å²) in [5.74, 6) is -0.522. The molecule has 1 aromatic rings. The number of hydrogen-bond donors (Lipinski definition) is 2. The SMILES string of the molecule is COCCOCCCNCc1occc1C(=O)O. The Balaban J connectivity index is 2.07. The molecule has 18 heavy (non-hydrogen) atoms. The molecule has 0 saturated heterocycles. The van der Waals surface area contributed by atoms with Gasteiger partial charge < -0.3 is 24.3 Å². The predicted octanol–water partition coefficient (Wildman–Crippen LogP) is 1.12. The van der Waals surface area contributed by atoms with E-state index in [4.69, 9.17) is 19.0 Å². The molecule has 0 saturated carbocycles. The standard InChI is InChI=1S/C12H19NO5/c1-16-7-8-17-5-2-4-13-9-11-10(12(14)15)3-6-18-11/h3,6,13H,2,4-5,7-9H2,1H3,(H,14,15). The van der Waals surface area contributed by atoms with Gasteiger partial charge in [-0.2, -0.15) is 0 Å². The minimum absolute atomic E-state index is 0.207. The number of aromatic carboxylic acids is 1. The second kappa shape index (κ2) is 8.68. The van der Waals surface area contributed by atoms with Crippen LogP contribution in [0.15, 0.2) is 16.7 Å². The number of carbonyl (C=O) groups is 1. The van der Waals surface area contributed by atoms with Crippen molar-refractivity contribution in [2.24, 2.45) is 0 Å². The highest BCUT2D eigenvalue weighted by atomic mass is 16.5. The number of rotatable bonds is 10. The topological polar surface area (TPSA) is 80.9 Å². The summed E-state index contributed by atoms with van der Waals surface area (Å²) < 4.78 is 15.2. The first kappa shape index (κ1) is 14.7. The van der Waals surface area contributed by atoms with Gasteiger partial charge in [-0.15, -0.1) is 0 Å². The van der Waals surface area contributed by atoms with Crippen molar-refractivity contribution in [2.45, 2.75) is 13.0 Å². The van der Waals surface area contributed by atoms with E-state index >= 15 is 0 Å². The number of hydrogen-bond acceptors (Lipinski definition) is 5. The van der Waals surface area contributed by atoms with Gasteiger partial charge in [0.1, 0.15) is 11.3 Å². The van der Waals surface area contributed by atoms with E-state index in [0.717, 1.165) is 13.0 Å². The van der Waals surface area contributed by atoms with Crippen LogP contribution in [0.3, 0.4) is 0 Å². The first-order valence-electron chi connectivity index (χ1n) is 5.82. The van der Waals surface area contributed by atoms with E-state index in [2.05, 4.69) is 5.32 Å². The van der Waals surface area contributed by atoms with Crippen molar-refractivity contribution in [3.8, 4) is 0 Å². The fourth-order valence-electron chi connectivity index (χ4n) is 1.41. The van der Waals surface area contributed by atoms with Crippen LogP contribution < -0.4 is 5.32 Å². The van der Waals surface area contributed by atoms with Crippen LogP contribution >= 0.6 is 0 Å². The van der Waals surface area contributed by atoms with Crippen molar-refractivity contribution in [3.05, 3.63) is 23.7 Å². The number of methoxy groups -OCH3 is 1. The largest absolute Gasteiger partial charge is 0.478 e. The summed E-state index contributed by atoms with van der Waals surface area (Å²) >= 11 is 0. The Kier molecular flexibility index (Phi) is 7.09. The third-order valence-corrected chi connectivity index (χ3v) is 2.34. The first-order valence-corrected chi connectivity index (χ1v) is 5.82. The Bertz CT molecular complexity index is 350. The lowest BCUT2D eigenvalue weighted by atomic mass is 10.2. The van der Waals surface area contributed by atoms with Gasteiger partial charge in [0.25, 0.3) is 0 Å². The van der Waals surface area contributed by atoms with Crippen LogP contribution in [-0.2, 0) is 16.0 Å². The zero-order chi connectivity index (χ0) is 13.2. The van der Waals surface area contributed by atoms with Gasteiger partial charge in [-0.05, 0) is 19.0 Å². The smallest absolute Gasteiger partial charge is 0.339 e. The maximum atomic E-state index is 10.8. The van der Waals surface area contributed by atoms with E-state index in [9.17, 15) is 4.79 Å². The molecule has 0 radical (unpaired) electrons. The Morgan fingerprint density at radius 1 is 1.44 bits per heavy atom. The summed E-state index contributed by atoms with van der Waals surface area (Å²) in [6.07, 6.45) is 2.24. The number of ether oxygens (including phenoxy) is 2. The molecule has 1 heterocycles. The fourth-order valence-corrected chi connectivity index (χ4v) is 1.41. The van der Waals surface area contributed by atoms with Crippen molar-refractivity contribution >= 4 is 5.97 Å². The van der Waals surface area contributed by atoms with Gasteiger partial charge >= 0.3 is 5.97 Å². The number of nitrogens with one attached hydrogen (secondary N) is 1. The second-order valence-corrected chi connectivity index (χ2v) is 3.70. The van der Waals surface area contributed by atoms with Crippen LogP contribution in [0.5, 0.6) is 0 Å². The van der Waals surface area contributed by atoms with Crippen LogP contribution in [-0.4, -0.2) is 44.6 Å². The van der Waals surface area contributed by atoms with Crippen LogP contribution in [0.2, 0.25) is 0 Å². The lowest BCUT2D eigenvalue weighted by Gasteiger charge is -2.05. The normalized spacial score (nSPS) is 10.7. The zero-order valence-corrected chi connectivity index (χ0v) is 10.5. The molecule has 1 rings (SSSR count). The van der Waals surface area contributed by atoms with Crippen molar-refractivity contribution in [2.75, 3.05) is 33.5 Å². The molecule has 2 N–H and O–H groups in total. The highest BCUT2D eigenvalue weighted by Crippen LogP contribution is 2.09. The third kappa shape index (κ3) is 5.31. The molecule has 0 aliphatic heterocycles. The predicted molar refractivity (Wildman–Crippen MR) is 64.7 cm³/mol. The summed E-state index contributed by atoms with van der Waals surface area (Å²) in [7, 11) is 1.63. The van der Waals surface area contributed by atoms with Gasteiger partial charge in [-0.3, -0.25) is 0 Å². The molecule has 0 unspecified atom stereocenters. The molecule has 0 aliphatic carbocycles. The van der Waals surface area contributed by atoms with Gasteiger partial charge in [0.05, 0.1) is 26.0 Å². The van der Waals surface area contributed by atoms with Gasteiger partial charge in [0.15, 0.2) is 0 Å². The summed E-state index contributed by atoms with van der Waals surface area (Å²) in [5.41, 5.74) is 0.207. The molecular weight excluding hydrogens is 238 g/mol. The summed E-state index contributed by atoms with van der Waals surface area (Å²) in [6.45, 7) is 3.00. The fraction of sp³-hybridized carbons (Fsp3) is 0.583. The number of carboxylic acids is 1. The van der Waals surface area contributed by atoms with Crippen LogP contribution in [0, 0.1) is 0 Å². The summed E-state index contributed by atoms with van der Waals surface area (Å²) in [6, 6.07) is 1.45. The highest BCUT2D eigenvalue weighted by molar-refractivity contribution is 5.88. The maximum Gasteiger partial charge on any atom is 0.339 e. The average molecular weight is 257 g/mol. The van der Waals surface area contributed by atoms with E-state index in [1.54, 1.807) is 7.11 Å². The zero-order valence-electron chi connectivity index (χ0n) is 10.5. The van der Waals surface area contributed by atoms with Crippen molar-refractivity contribution in [1.82, 2.24) is 5.32 Å². The molecule has 102 valence electrons. The van der Waals surface area contributed by atoms with Gasteiger partial charge in [0.2, 0.25) is 0 Å². The van der Waals surface area contributed by atoms with E-state index in [0.29, 0.717) is 32.1 Å². The molecule has 6 nitrogen and oxygen atoms in total. The van der Waals surface area contributed by atoms with E-state index in [-0.39, 0.29) is 5.56 Å². The molecular formula is C12H19NO5. The first-order chi connectivity index (χ1) is 8.75. The molecule has 1 aromatic heterocycles. The Labute approximate surface area is 106 Å². The van der Waals surface area contributed by atoms with Gasteiger partial charge in [-0.25, -0.2) is 4.79 Å². The molecule has 0 fully saturated rings. The molecule has 0 atom stereocenters. The van der Waals surface area contributed by atoms with E-state index in [1.165, 1.54) is 12.3 Å². The minimum atomic E-state index is -0.969. The van der Waals surface area contributed by atoms with Gasteiger partial charge in [0, 0.05) is 13.7 Å². The van der Waals surface area contributed by atoms with Crippen molar-refractivity contribution in [3.63, 3.8) is 0 Å². The third-order valence-electron chi connectivity index (χ3n) is 2.34. The van der Waals surface area contributed by atoms with Crippen LogP contribution in [0.25, 0.3) is 0 Å². The monoisotopic (exact) mass is 257 g/mol. The highest BCUT2D eigenvalue weighted by Gasteiger charge is 2.12. The minimum Gasteiger partial charge on any atom is -0.478 e. The Morgan fingerprint density at radius 3 is 3.00 bits per heavy atom. The quantitative estimate of drug-likeness (QED) is 0.611. The molecule has 0 amide bonds. The van der Waals surface area contributed by atoms with Crippen LogP contribution in [0.4, 0.5) is 0 Å². The summed E-state index contributed by atoms with van der Waals surface area (Å²) in [4.78, 5) is 10.8. The lowest BCUT2D eigenvalue weighted by molar-refractivity contribution is 0.0689. The number of carboxylic acid groups (broad SMARTS) is 1. The van der Waals surface area contributed by atoms with E-state index in [1.807, 2.05) is 0 Å². The maximum absolute atomic E-state index is 10.8. The molecule has 0 spiro atoms. The van der Waals surface area contributed by atoms with Crippen LogP contribution in [0.1, 0.15) is 22.5 Å². The Hall–Kier alpha value is -1.37. The molecule has 0 aliphatic rings. The lowest BCUT2D eigenvalue weighted by Crippen LogP contribution is -2.18. The molecule has 0 aromatic carbocycles. The second-order valence-electron chi connectivity index (χ2n) is 3.70. The molecule has 6 heteroatoms. The molecule has 0 bridgehead atoms. The van der Waals surface area contributed by atoms with E-state index < -0.39 is 5.97 Å². The average Bonchev–Trinajstić information content (AvgIpc) is 2.81. The van der Waals surface area contributed by atoms with Gasteiger partial charge in [-0.1, -0.05) is 0 Å². The number of furan rings is 1. The van der Waals surface area contributed by atoms with Crippen molar-refractivity contribution in [1.29, 1.82) is 0 Å². The van der Waals surface area contributed by atoms with Crippen molar-refractivity contribution < 1.29 is 23.8 Å².